The van der Waals surface area contributed by atoms with Crippen LogP contribution < -0.4 is 0 Å². The maximum absolute atomic E-state index is 5.27. The Labute approximate surface area is 73.2 Å². The molecule has 11 heavy (non-hydrogen) atoms. The molecule has 0 aromatic rings. The third-order valence-corrected chi connectivity index (χ3v) is 2.91. The van der Waals surface area contributed by atoms with E-state index in [1.54, 1.807) is 0 Å². The topological polar surface area (TPSA) is 9.23 Å². The minimum absolute atomic E-state index is 0.755. The second-order valence-corrected chi connectivity index (χ2v) is 4.43. The van der Waals surface area contributed by atoms with Gasteiger partial charge in [-0.05, 0) is 20.3 Å². The van der Waals surface area contributed by atoms with Crippen molar-refractivity contribution < 1.29 is 4.74 Å². The summed E-state index contributed by atoms with van der Waals surface area (Å²) in [6, 6.07) is 0. The molecule has 0 saturated carbocycles. The molecule has 1 aliphatic rings. The van der Waals surface area contributed by atoms with Crippen LogP contribution in [-0.2, 0) is 4.74 Å². The summed E-state index contributed by atoms with van der Waals surface area (Å²) >= 11 is 2.01. The first-order chi connectivity index (χ1) is 5.29. The van der Waals surface area contributed by atoms with Gasteiger partial charge in [-0.25, -0.2) is 0 Å². The maximum atomic E-state index is 5.27. The summed E-state index contributed by atoms with van der Waals surface area (Å²) in [5, 5.41) is 0.755. The van der Waals surface area contributed by atoms with Crippen LogP contribution >= 0.6 is 11.8 Å². The van der Waals surface area contributed by atoms with Gasteiger partial charge in [-0.2, -0.15) is 11.8 Å². The van der Waals surface area contributed by atoms with Gasteiger partial charge in [0.05, 0.1) is 6.61 Å². The molecule has 0 spiro atoms. The number of rotatable bonds is 3. The molecular formula is C9H16OS. The third kappa shape index (κ3) is 3.82. The normalized spacial score (nSPS) is 23.6. The molecule has 1 rings (SSSR count). The first kappa shape index (κ1) is 9.14. The van der Waals surface area contributed by atoms with Crippen LogP contribution in [0.15, 0.2) is 11.6 Å². The van der Waals surface area contributed by atoms with Gasteiger partial charge < -0.3 is 4.74 Å². The minimum atomic E-state index is 0.755. The highest BCUT2D eigenvalue weighted by Crippen LogP contribution is 2.20. The second kappa shape index (κ2) is 4.83. The molecule has 64 valence electrons. The highest BCUT2D eigenvalue weighted by Gasteiger charge is 2.14. The predicted octanol–water partition coefficient (Wildman–Crippen LogP) is 2.47. The van der Waals surface area contributed by atoms with Crippen LogP contribution in [0, 0.1) is 0 Å². The van der Waals surface area contributed by atoms with Gasteiger partial charge in [0.25, 0.3) is 0 Å². The lowest BCUT2D eigenvalue weighted by Crippen LogP contribution is -2.00. The highest BCUT2D eigenvalue weighted by atomic mass is 32.2. The standard InChI is InChI=1S/C9H16OS/c1-8(2)4-6-11-9-3-5-10-7-9/h4,9H,3,5-7H2,1-2H3. The van der Waals surface area contributed by atoms with E-state index in [2.05, 4.69) is 19.9 Å². The number of thioether (sulfide) groups is 1. The average molecular weight is 172 g/mol. The van der Waals surface area contributed by atoms with Crippen LogP contribution in [0.2, 0.25) is 0 Å². The first-order valence-electron chi connectivity index (χ1n) is 4.12. The number of allylic oxidation sites excluding steroid dienone is 1. The second-order valence-electron chi connectivity index (χ2n) is 3.10. The summed E-state index contributed by atoms with van der Waals surface area (Å²) in [4.78, 5) is 0. The monoisotopic (exact) mass is 172 g/mol. The summed E-state index contributed by atoms with van der Waals surface area (Å²) in [6.45, 7) is 6.21. The Morgan fingerprint density at radius 3 is 3.00 bits per heavy atom. The van der Waals surface area contributed by atoms with E-state index < -0.39 is 0 Å². The highest BCUT2D eigenvalue weighted by molar-refractivity contribution is 8.00. The maximum Gasteiger partial charge on any atom is 0.0585 e. The van der Waals surface area contributed by atoms with Crippen molar-refractivity contribution in [2.45, 2.75) is 25.5 Å². The number of hydrogen-bond acceptors (Lipinski definition) is 2. The van der Waals surface area contributed by atoms with Crippen molar-refractivity contribution in [1.82, 2.24) is 0 Å². The molecule has 0 aliphatic carbocycles. The lowest BCUT2D eigenvalue weighted by molar-refractivity contribution is 0.199. The van der Waals surface area contributed by atoms with Gasteiger partial charge >= 0.3 is 0 Å². The van der Waals surface area contributed by atoms with Crippen LogP contribution in [0.1, 0.15) is 20.3 Å². The molecule has 1 aliphatic heterocycles. The van der Waals surface area contributed by atoms with E-state index >= 15 is 0 Å². The quantitative estimate of drug-likeness (QED) is 0.605. The summed E-state index contributed by atoms with van der Waals surface area (Å²) in [5.74, 6) is 1.15. The molecule has 1 heterocycles. The fourth-order valence-electron chi connectivity index (χ4n) is 0.995. The Balaban J connectivity index is 2.07. The van der Waals surface area contributed by atoms with Crippen molar-refractivity contribution >= 4 is 11.8 Å². The van der Waals surface area contributed by atoms with Gasteiger partial charge in [-0.3, -0.25) is 0 Å². The van der Waals surface area contributed by atoms with Gasteiger partial charge in [0.1, 0.15) is 0 Å². The van der Waals surface area contributed by atoms with Gasteiger partial charge in [-0.15, -0.1) is 0 Å². The van der Waals surface area contributed by atoms with Crippen LogP contribution in [0.3, 0.4) is 0 Å². The number of hydrogen-bond donors (Lipinski definition) is 0. The van der Waals surface area contributed by atoms with E-state index in [0.717, 1.165) is 24.2 Å². The molecule has 2 heteroatoms. The van der Waals surface area contributed by atoms with Crippen LogP contribution in [0.25, 0.3) is 0 Å². The summed E-state index contributed by atoms with van der Waals surface area (Å²) in [5.41, 5.74) is 1.41. The van der Waals surface area contributed by atoms with Crippen LogP contribution in [0.4, 0.5) is 0 Å². The molecule has 0 radical (unpaired) electrons. The first-order valence-corrected chi connectivity index (χ1v) is 5.16. The zero-order valence-electron chi connectivity index (χ0n) is 7.30. The van der Waals surface area contributed by atoms with Crippen LogP contribution in [-0.4, -0.2) is 24.2 Å². The summed E-state index contributed by atoms with van der Waals surface area (Å²) in [6.07, 6.45) is 3.52. The largest absolute Gasteiger partial charge is 0.380 e. The molecule has 0 aromatic heterocycles. The minimum Gasteiger partial charge on any atom is -0.380 e. The predicted molar refractivity (Wildman–Crippen MR) is 51.1 cm³/mol. The van der Waals surface area contributed by atoms with E-state index in [0.29, 0.717) is 0 Å². The van der Waals surface area contributed by atoms with Gasteiger partial charge in [-0.1, -0.05) is 11.6 Å². The molecule has 0 N–H and O–H groups in total. The fourth-order valence-corrected chi connectivity index (χ4v) is 2.15. The molecule has 0 aromatic carbocycles. The molecule has 0 amide bonds. The molecule has 1 unspecified atom stereocenters. The number of ether oxygens (including phenoxy) is 1. The van der Waals surface area contributed by atoms with Crippen LogP contribution in [0.5, 0.6) is 0 Å². The van der Waals surface area contributed by atoms with Crippen molar-refractivity contribution in [3.63, 3.8) is 0 Å². The van der Waals surface area contributed by atoms with Gasteiger partial charge in [0.2, 0.25) is 0 Å². The Morgan fingerprint density at radius 1 is 1.64 bits per heavy atom. The van der Waals surface area contributed by atoms with Crippen molar-refractivity contribution in [3.05, 3.63) is 11.6 Å². The molecule has 1 atom stereocenters. The molecule has 1 saturated heterocycles. The van der Waals surface area contributed by atoms with Gasteiger partial charge in [0.15, 0.2) is 0 Å². The van der Waals surface area contributed by atoms with Crippen molar-refractivity contribution in [2.75, 3.05) is 19.0 Å². The van der Waals surface area contributed by atoms with Gasteiger partial charge in [0, 0.05) is 17.6 Å². The third-order valence-electron chi connectivity index (χ3n) is 1.71. The van der Waals surface area contributed by atoms with Crippen molar-refractivity contribution in [3.8, 4) is 0 Å². The SMILES string of the molecule is CC(C)=CCSC1CCOC1. The average Bonchev–Trinajstić information content (AvgIpc) is 2.39. The molecule has 0 bridgehead atoms. The van der Waals surface area contributed by atoms with Crippen molar-refractivity contribution in [1.29, 1.82) is 0 Å². The lowest BCUT2D eigenvalue weighted by Gasteiger charge is -2.03. The Hall–Kier alpha value is 0.0500. The van der Waals surface area contributed by atoms with Crippen molar-refractivity contribution in [2.24, 2.45) is 0 Å². The van der Waals surface area contributed by atoms with E-state index in [-0.39, 0.29) is 0 Å². The zero-order chi connectivity index (χ0) is 8.10. The lowest BCUT2D eigenvalue weighted by atomic mass is 10.3. The summed E-state index contributed by atoms with van der Waals surface area (Å²) < 4.78 is 5.27. The molecule has 1 nitrogen and oxygen atoms in total. The fraction of sp³-hybridized carbons (Fsp3) is 0.778. The molecular weight excluding hydrogens is 156 g/mol. The zero-order valence-corrected chi connectivity index (χ0v) is 8.12. The Kier molecular flexibility index (Phi) is 4.02. The van der Waals surface area contributed by atoms with E-state index in [4.69, 9.17) is 4.74 Å². The van der Waals surface area contributed by atoms with E-state index in [1.165, 1.54) is 12.0 Å². The van der Waals surface area contributed by atoms with E-state index in [1.807, 2.05) is 11.8 Å². The van der Waals surface area contributed by atoms with E-state index in [9.17, 15) is 0 Å². The Bertz CT molecular complexity index is 132. The Morgan fingerprint density at radius 2 is 2.45 bits per heavy atom. The molecule has 1 fully saturated rings. The smallest absolute Gasteiger partial charge is 0.0585 e. The summed E-state index contributed by atoms with van der Waals surface area (Å²) in [7, 11) is 0.